The quantitative estimate of drug-likeness (QED) is 0.829. The van der Waals surface area contributed by atoms with Gasteiger partial charge < -0.3 is 14.7 Å². The van der Waals surface area contributed by atoms with Crippen LogP contribution in [-0.4, -0.2) is 37.3 Å². The Morgan fingerprint density at radius 1 is 1.04 bits per heavy atom. The van der Waals surface area contributed by atoms with Crippen LogP contribution < -0.4 is 4.74 Å². The Kier molecular flexibility index (Phi) is 5.56. The first kappa shape index (κ1) is 17.3. The molecule has 0 atom stereocenters. The highest BCUT2D eigenvalue weighted by Gasteiger charge is 2.16. The minimum atomic E-state index is 0.310. The van der Waals surface area contributed by atoms with Crippen LogP contribution in [0.25, 0.3) is 16.7 Å². The van der Waals surface area contributed by atoms with Gasteiger partial charge >= 0.3 is 0 Å². The van der Waals surface area contributed by atoms with E-state index in [4.69, 9.17) is 4.74 Å². The normalized spacial score (nSPS) is 14.2. The van der Waals surface area contributed by atoms with E-state index in [1.807, 2.05) is 56.9 Å². The van der Waals surface area contributed by atoms with Crippen molar-refractivity contribution in [3.8, 4) is 16.9 Å². The van der Waals surface area contributed by atoms with Gasteiger partial charge in [0.25, 0.3) is 0 Å². The molecular weight excluding hydrogens is 310 g/mol. The van der Waals surface area contributed by atoms with Crippen LogP contribution in [0, 0.1) is 6.42 Å². The number of hydrogen-bond donors (Lipinski definition) is 1. The highest BCUT2D eigenvalue weighted by atomic mass is 16.5. The Bertz CT molecular complexity index is 776. The van der Waals surface area contributed by atoms with Gasteiger partial charge in [0, 0.05) is 17.7 Å². The minimum Gasteiger partial charge on any atom is -0.508 e. The van der Waals surface area contributed by atoms with Crippen LogP contribution in [0.1, 0.15) is 12.0 Å². The summed E-state index contributed by atoms with van der Waals surface area (Å²) in [5.41, 5.74) is 3.98. The SMILES string of the molecule is CN(C)CCOc1ccc(-c2ccccc2)cc1C1=C[CH]CC=C1O. The van der Waals surface area contributed by atoms with Crippen molar-refractivity contribution < 1.29 is 9.84 Å². The first-order valence-corrected chi connectivity index (χ1v) is 8.55. The van der Waals surface area contributed by atoms with E-state index in [9.17, 15) is 5.11 Å². The summed E-state index contributed by atoms with van der Waals surface area (Å²) >= 11 is 0. The zero-order valence-electron chi connectivity index (χ0n) is 14.8. The van der Waals surface area contributed by atoms with Crippen molar-refractivity contribution in [2.24, 2.45) is 0 Å². The summed E-state index contributed by atoms with van der Waals surface area (Å²) < 4.78 is 6.01. The lowest BCUT2D eigenvalue weighted by Gasteiger charge is -2.18. The molecule has 0 aromatic heterocycles. The van der Waals surface area contributed by atoms with Gasteiger partial charge in [-0.2, -0.15) is 0 Å². The molecule has 1 N–H and O–H groups in total. The van der Waals surface area contributed by atoms with Crippen LogP contribution >= 0.6 is 0 Å². The Hall–Kier alpha value is -2.52. The van der Waals surface area contributed by atoms with E-state index < -0.39 is 0 Å². The third-order valence-electron chi connectivity index (χ3n) is 4.18. The van der Waals surface area contributed by atoms with E-state index in [-0.39, 0.29) is 0 Å². The third-order valence-corrected chi connectivity index (χ3v) is 4.18. The number of likely N-dealkylation sites (N-methyl/N-ethyl adjacent to an activating group) is 1. The fourth-order valence-corrected chi connectivity index (χ4v) is 2.80. The molecule has 25 heavy (non-hydrogen) atoms. The maximum atomic E-state index is 10.3. The van der Waals surface area contributed by atoms with Crippen LogP contribution in [0.5, 0.6) is 5.75 Å². The number of nitrogens with zero attached hydrogens (tertiary/aromatic N) is 1. The first-order valence-electron chi connectivity index (χ1n) is 8.55. The number of aliphatic hydroxyl groups is 1. The molecule has 2 aromatic rings. The van der Waals surface area contributed by atoms with Gasteiger partial charge in [-0.1, -0.05) is 42.5 Å². The Morgan fingerprint density at radius 2 is 1.84 bits per heavy atom. The second-order valence-electron chi connectivity index (χ2n) is 6.37. The van der Waals surface area contributed by atoms with Crippen molar-refractivity contribution in [3.05, 3.63) is 78.4 Å². The fourth-order valence-electron chi connectivity index (χ4n) is 2.80. The molecule has 0 saturated heterocycles. The maximum absolute atomic E-state index is 10.3. The molecule has 0 unspecified atom stereocenters. The van der Waals surface area contributed by atoms with Gasteiger partial charge in [-0.15, -0.1) is 0 Å². The Balaban J connectivity index is 1.97. The molecule has 1 aliphatic rings. The molecule has 0 saturated carbocycles. The second kappa shape index (κ2) is 8.04. The monoisotopic (exact) mass is 334 g/mol. The van der Waals surface area contributed by atoms with Crippen molar-refractivity contribution in [3.63, 3.8) is 0 Å². The molecule has 3 heteroatoms. The molecule has 0 fully saturated rings. The molecule has 0 amide bonds. The standard InChI is InChI=1S/C22H24NO2/c1-23(2)14-15-25-22-13-12-18(17-8-4-3-5-9-17)16-20(22)19-10-6-7-11-21(19)24/h3-6,8-13,16,24H,7,14-15H2,1-2H3. The number of ether oxygens (including phenoxy) is 1. The number of benzene rings is 2. The molecule has 0 bridgehead atoms. The van der Waals surface area contributed by atoms with Crippen LogP contribution in [0.4, 0.5) is 0 Å². The van der Waals surface area contributed by atoms with Gasteiger partial charge in [-0.25, -0.2) is 0 Å². The minimum absolute atomic E-state index is 0.310. The van der Waals surface area contributed by atoms with Crippen molar-refractivity contribution in [1.82, 2.24) is 4.90 Å². The molecule has 2 aromatic carbocycles. The molecule has 1 radical (unpaired) electrons. The smallest absolute Gasteiger partial charge is 0.127 e. The summed E-state index contributed by atoms with van der Waals surface area (Å²) in [6, 6.07) is 16.4. The van der Waals surface area contributed by atoms with Gasteiger partial charge in [0.15, 0.2) is 0 Å². The molecular formula is C22H24NO2. The zero-order chi connectivity index (χ0) is 17.6. The molecule has 0 spiro atoms. The van der Waals surface area contributed by atoms with E-state index in [1.54, 1.807) is 0 Å². The lowest BCUT2D eigenvalue weighted by atomic mass is 9.94. The van der Waals surface area contributed by atoms with Crippen molar-refractivity contribution >= 4 is 5.57 Å². The lowest BCUT2D eigenvalue weighted by Crippen LogP contribution is -2.19. The van der Waals surface area contributed by atoms with E-state index in [0.717, 1.165) is 41.0 Å². The summed E-state index contributed by atoms with van der Waals surface area (Å²) in [4.78, 5) is 2.09. The number of hydrogen-bond acceptors (Lipinski definition) is 3. The maximum Gasteiger partial charge on any atom is 0.127 e. The van der Waals surface area contributed by atoms with Gasteiger partial charge in [0.2, 0.25) is 0 Å². The third kappa shape index (κ3) is 4.31. The Morgan fingerprint density at radius 3 is 2.56 bits per heavy atom. The van der Waals surface area contributed by atoms with Crippen LogP contribution in [-0.2, 0) is 0 Å². The molecule has 3 nitrogen and oxygen atoms in total. The highest BCUT2D eigenvalue weighted by Crippen LogP contribution is 2.36. The van der Waals surface area contributed by atoms with Crippen LogP contribution in [0.2, 0.25) is 0 Å². The van der Waals surface area contributed by atoms with E-state index >= 15 is 0 Å². The van der Waals surface area contributed by atoms with Crippen molar-refractivity contribution in [2.75, 3.05) is 27.2 Å². The van der Waals surface area contributed by atoms with Crippen molar-refractivity contribution in [2.45, 2.75) is 6.42 Å². The average molecular weight is 334 g/mol. The summed E-state index contributed by atoms with van der Waals surface area (Å²) in [7, 11) is 4.05. The highest BCUT2D eigenvalue weighted by molar-refractivity contribution is 5.84. The van der Waals surface area contributed by atoms with Crippen LogP contribution in [0.3, 0.4) is 0 Å². The fraction of sp³-hybridized carbons (Fsp3) is 0.227. The summed E-state index contributed by atoms with van der Waals surface area (Å²) in [5, 5.41) is 10.3. The van der Waals surface area contributed by atoms with E-state index in [1.165, 1.54) is 0 Å². The van der Waals surface area contributed by atoms with E-state index in [0.29, 0.717) is 12.4 Å². The Labute approximate surface area is 149 Å². The summed E-state index contributed by atoms with van der Waals surface area (Å²) in [6.07, 6.45) is 6.60. The molecule has 0 heterocycles. The van der Waals surface area contributed by atoms with Crippen molar-refractivity contribution in [1.29, 1.82) is 0 Å². The topological polar surface area (TPSA) is 32.7 Å². The second-order valence-corrected chi connectivity index (χ2v) is 6.37. The number of aliphatic hydroxyl groups excluding tert-OH is 1. The number of allylic oxidation sites excluding steroid dienone is 3. The van der Waals surface area contributed by atoms with Gasteiger partial charge in [-0.05, 0) is 56.3 Å². The average Bonchev–Trinajstić information content (AvgIpc) is 2.63. The van der Waals surface area contributed by atoms with E-state index in [2.05, 4.69) is 29.2 Å². The largest absolute Gasteiger partial charge is 0.508 e. The zero-order valence-corrected chi connectivity index (χ0v) is 14.8. The van der Waals surface area contributed by atoms with Gasteiger partial charge in [-0.3, -0.25) is 0 Å². The predicted octanol–water partition coefficient (Wildman–Crippen LogP) is 4.73. The number of rotatable bonds is 6. The predicted molar refractivity (Wildman–Crippen MR) is 104 cm³/mol. The molecule has 1 aliphatic carbocycles. The van der Waals surface area contributed by atoms with Crippen LogP contribution in [0.15, 0.2) is 66.4 Å². The first-order chi connectivity index (χ1) is 12.1. The summed E-state index contributed by atoms with van der Waals surface area (Å²) in [5.74, 6) is 1.10. The van der Waals surface area contributed by atoms with Gasteiger partial charge in [0.05, 0.1) is 0 Å². The lowest BCUT2D eigenvalue weighted by molar-refractivity contribution is 0.261. The molecule has 3 rings (SSSR count). The molecule has 129 valence electrons. The summed E-state index contributed by atoms with van der Waals surface area (Å²) in [6.45, 7) is 1.44. The molecule has 0 aliphatic heterocycles. The van der Waals surface area contributed by atoms with Gasteiger partial charge in [0.1, 0.15) is 18.1 Å².